The van der Waals surface area contributed by atoms with Crippen LogP contribution in [0.5, 0.6) is 5.75 Å². The molecule has 114 valence electrons. The van der Waals surface area contributed by atoms with Crippen LogP contribution in [0.1, 0.15) is 35.7 Å². The maximum Gasteiger partial charge on any atom is 0.187 e. The number of carbonyl (C=O) groups is 1. The average Bonchev–Trinajstić information content (AvgIpc) is 2.55. The molecule has 0 spiro atoms. The van der Waals surface area contributed by atoms with Crippen LogP contribution in [0.2, 0.25) is 0 Å². The van der Waals surface area contributed by atoms with Gasteiger partial charge in [-0.05, 0) is 23.6 Å². The summed E-state index contributed by atoms with van der Waals surface area (Å²) in [5.74, 6) is 1.17. The number of carbonyl (C=O) groups excluding carboxylic acids is 1. The predicted molar refractivity (Wildman–Crippen MR) is 90.6 cm³/mol. The van der Waals surface area contributed by atoms with Gasteiger partial charge >= 0.3 is 0 Å². The standard InChI is InChI=1S/C19H21NO2/c1-14(2)15-8-10-16(11-9-15)18(21)12-13-20-17-6-4-5-7-19(17)22-3/h4-14,20H,1-3H3. The van der Waals surface area contributed by atoms with E-state index in [2.05, 4.69) is 19.2 Å². The van der Waals surface area contributed by atoms with Crippen molar-refractivity contribution >= 4 is 11.5 Å². The third kappa shape index (κ3) is 3.98. The van der Waals surface area contributed by atoms with Gasteiger partial charge in [0, 0.05) is 17.8 Å². The molecule has 2 aromatic rings. The number of rotatable bonds is 6. The number of methoxy groups -OCH3 is 1. The first-order valence-electron chi connectivity index (χ1n) is 7.32. The van der Waals surface area contributed by atoms with Crippen molar-refractivity contribution < 1.29 is 9.53 Å². The molecule has 0 bridgehead atoms. The summed E-state index contributed by atoms with van der Waals surface area (Å²) in [4.78, 5) is 12.1. The first-order valence-corrected chi connectivity index (χ1v) is 7.32. The largest absolute Gasteiger partial charge is 0.495 e. The molecule has 3 nitrogen and oxygen atoms in total. The molecular formula is C19H21NO2. The van der Waals surface area contributed by atoms with E-state index in [1.54, 1.807) is 13.3 Å². The number of ether oxygens (including phenoxy) is 1. The van der Waals surface area contributed by atoms with Gasteiger partial charge in [0.2, 0.25) is 0 Å². The molecule has 22 heavy (non-hydrogen) atoms. The minimum atomic E-state index is -0.0299. The van der Waals surface area contributed by atoms with Crippen molar-refractivity contribution in [3.63, 3.8) is 0 Å². The lowest BCUT2D eigenvalue weighted by molar-refractivity contribution is 0.104. The van der Waals surface area contributed by atoms with E-state index < -0.39 is 0 Å². The summed E-state index contributed by atoms with van der Waals surface area (Å²) in [5, 5.41) is 3.07. The van der Waals surface area contributed by atoms with Crippen molar-refractivity contribution in [3.05, 3.63) is 71.9 Å². The van der Waals surface area contributed by atoms with E-state index in [9.17, 15) is 4.79 Å². The van der Waals surface area contributed by atoms with Gasteiger partial charge in [0.15, 0.2) is 5.78 Å². The number of allylic oxidation sites excluding steroid dienone is 1. The van der Waals surface area contributed by atoms with Gasteiger partial charge in [-0.2, -0.15) is 0 Å². The second kappa shape index (κ2) is 7.46. The molecule has 2 aromatic carbocycles. The Morgan fingerprint density at radius 3 is 2.41 bits per heavy atom. The van der Waals surface area contributed by atoms with Gasteiger partial charge in [0.05, 0.1) is 12.8 Å². The van der Waals surface area contributed by atoms with Crippen LogP contribution >= 0.6 is 0 Å². The van der Waals surface area contributed by atoms with Crippen LogP contribution in [-0.2, 0) is 0 Å². The van der Waals surface area contributed by atoms with Crippen LogP contribution < -0.4 is 10.1 Å². The number of hydrogen-bond donors (Lipinski definition) is 1. The van der Waals surface area contributed by atoms with E-state index in [-0.39, 0.29) is 5.78 Å². The Morgan fingerprint density at radius 1 is 1.09 bits per heavy atom. The molecule has 0 atom stereocenters. The Labute approximate surface area is 131 Å². The van der Waals surface area contributed by atoms with Crippen LogP contribution in [0.25, 0.3) is 0 Å². The highest BCUT2D eigenvalue weighted by Gasteiger charge is 2.04. The molecule has 0 aliphatic heterocycles. The number of hydrogen-bond acceptors (Lipinski definition) is 3. The molecule has 0 amide bonds. The Balaban J connectivity index is 2.02. The highest BCUT2D eigenvalue weighted by Crippen LogP contribution is 2.22. The third-order valence-electron chi connectivity index (χ3n) is 3.44. The van der Waals surface area contributed by atoms with Gasteiger partial charge in [0.25, 0.3) is 0 Å². The SMILES string of the molecule is COc1ccccc1NC=CC(=O)c1ccc(C(C)C)cc1. The van der Waals surface area contributed by atoms with Crippen LogP contribution in [-0.4, -0.2) is 12.9 Å². The molecule has 3 heteroatoms. The fourth-order valence-electron chi connectivity index (χ4n) is 2.10. The van der Waals surface area contributed by atoms with Gasteiger partial charge in [-0.15, -0.1) is 0 Å². The quantitative estimate of drug-likeness (QED) is 0.624. The lowest BCUT2D eigenvalue weighted by Crippen LogP contribution is -1.98. The van der Waals surface area contributed by atoms with Crippen LogP contribution in [0.4, 0.5) is 5.69 Å². The first kappa shape index (κ1) is 15.8. The van der Waals surface area contributed by atoms with Crippen molar-refractivity contribution in [2.45, 2.75) is 19.8 Å². The van der Waals surface area contributed by atoms with Gasteiger partial charge in [-0.25, -0.2) is 0 Å². The van der Waals surface area contributed by atoms with E-state index in [1.807, 2.05) is 48.5 Å². The average molecular weight is 295 g/mol. The van der Waals surface area contributed by atoms with Crippen molar-refractivity contribution in [3.8, 4) is 5.75 Å². The van der Waals surface area contributed by atoms with Crippen molar-refractivity contribution in [1.29, 1.82) is 0 Å². The molecule has 0 fully saturated rings. The summed E-state index contributed by atoms with van der Waals surface area (Å²) in [7, 11) is 1.62. The highest BCUT2D eigenvalue weighted by atomic mass is 16.5. The molecule has 0 aliphatic rings. The summed E-state index contributed by atoms with van der Waals surface area (Å²) in [5.41, 5.74) is 2.74. The molecule has 0 heterocycles. The molecule has 0 saturated carbocycles. The number of benzene rings is 2. The Kier molecular flexibility index (Phi) is 5.37. The van der Waals surface area contributed by atoms with Crippen LogP contribution in [0.3, 0.4) is 0 Å². The summed E-state index contributed by atoms with van der Waals surface area (Å²) < 4.78 is 5.24. The number of para-hydroxylation sites is 2. The summed E-state index contributed by atoms with van der Waals surface area (Å²) in [6.07, 6.45) is 3.16. The Bertz CT molecular complexity index is 657. The smallest absolute Gasteiger partial charge is 0.187 e. The number of nitrogens with one attached hydrogen (secondary N) is 1. The van der Waals surface area contributed by atoms with E-state index in [0.29, 0.717) is 11.5 Å². The molecule has 0 unspecified atom stereocenters. The zero-order chi connectivity index (χ0) is 15.9. The van der Waals surface area contributed by atoms with Crippen LogP contribution in [0, 0.1) is 0 Å². The summed E-state index contributed by atoms with van der Waals surface area (Å²) in [6, 6.07) is 15.3. The predicted octanol–water partition coefficient (Wildman–Crippen LogP) is 4.63. The normalized spacial score (nSPS) is 10.9. The summed E-state index contributed by atoms with van der Waals surface area (Å²) in [6.45, 7) is 4.27. The maximum absolute atomic E-state index is 12.1. The molecule has 0 saturated heterocycles. The molecule has 0 radical (unpaired) electrons. The highest BCUT2D eigenvalue weighted by molar-refractivity contribution is 6.04. The van der Waals surface area contributed by atoms with Crippen LogP contribution in [0.15, 0.2) is 60.8 Å². The van der Waals surface area contributed by atoms with Crippen molar-refractivity contribution in [2.75, 3.05) is 12.4 Å². The van der Waals surface area contributed by atoms with Gasteiger partial charge in [-0.3, -0.25) is 4.79 Å². The van der Waals surface area contributed by atoms with E-state index in [0.717, 1.165) is 11.4 Å². The zero-order valence-electron chi connectivity index (χ0n) is 13.2. The minimum absolute atomic E-state index is 0.0299. The zero-order valence-corrected chi connectivity index (χ0v) is 13.2. The second-order valence-electron chi connectivity index (χ2n) is 5.32. The first-order chi connectivity index (χ1) is 10.6. The lowest BCUT2D eigenvalue weighted by Gasteiger charge is -2.07. The van der Waals surface area contributed by atoms with E-state index >= 15 is 0 Å². The Hall–Kier alpha value is -2.55. The van der Waals surface area contributed by atoms with Gasteiger partial charge in [-0.1, -0.05) is 50.2 Å². The number of ketones is 1. The minimum Gasteiger partial charge on any atom is -0.495 e. The molecule has 2 rings (SSSR count). The van der Waals surface area contributed by atoms with Crippen molar-refractivity contribution in [2.24, 2.45) is 0 Å². The third-order valence-corrected chi connectivity index (χ3v) is 3.44. The number of anilines is 1. The maximum atomic E-state index is 12.1. The molecule has 0 aromatic heterocycles. The monoisotopic (exact) mass is 295 g/mol. The van der Waals surface area contributed by atoms with E-state index in [1.165, 1.54) is 11.6 Å². The Morgan fingerprint density at radius 2 is 1.77 bits per heavy atom. The summed E-state index contributed by atoms with van der Waals surface area (Å²) >= 11 is 0. The topological polar surface area (TPSA) is 38.3 Å². The fourth-order valence-corrected chi connectivity index (χ4v) is 2.10. The van der Waals surface area contributed by atoms with Crippen molar-refractivity contribution in [1.82, 2.24) is 0 Å². The van der Waals surface area contributed by atoms with Gasteiger partial charge in [0.1, 0.15) is 5.75 Å². The van der Waals surface area contributed by atoms with E-state index in [4.69, 9.17) is 4.74 Å². The molecule has 1 N–H and O–H groups in total. The molecule has 0 aliphatic carbocycles. The second-order valence-corrected chi connectivity index (χ2v) is 5.32. The molecular weight excluding hydrogens is 274 g/mol. The lowest BCUT2D eigenvalue weighted by atomic mass is 10.0. The van der Waals surface area contributed by atoms with Gasteiger partial charge < -0.3 is 10.1 Å². The fraction of sp³-hybridized carbons (Fsp3) is 0.211.